The molecule has 33 heavy (non-hydrogen) atoms. The van der Waals surface area contributed by atoms with E-state index >= 15 is 0 Å². The highest BCUT2D eigenvalue weighted by Crippen LogP contribution is 2.22. The van der Waals surface area contributed by atoms with E-state index in [-0.39, 0.29) is 15.9 Å². The van der Waals surface area contributed by atoms with Crippen molar-refractivity contribution in [3.05, 3.63) is 80.9 Å². The van der Waals surface area contributed by atoms with Crippen LogP contribution >= 0.6 is 34.8 Å². The predicted molar refractivity (Wildman–Crippen MR) is 143 cm³/mol. The first-order valence-electron chi connectivity index (χ1n) is 9.75. The predicted octanol–water partition coefficient (Wildman–Crippen LogP) is 4.84. The van der Waals surface area contributed by atoms with Crippen LogP contribution in [0.15, 0.2) is 65.6 Å². The number of benzene rings is 3. The van der Waals surface area contributed by atoms with Gasteiger partial charge in [0.2, 0.25) is 0 Å². The lowest BCUT2D eigenvalue weighted by molar-refractivity contribution is 0.0977. The summed E-state index contributed by atoms with van der Waals surface area (Å²) in [6.07, 6.45) is 0. The molecule has 0 atom stereocenters. The molecule has 172 valence electrons. The SMILES string of the molecule is COc1ccc(C(=O)NC(=S)Nc2ccc(S(=O)(=O)Nc3ccc(C)c(C)c3)cc2)cc1I. The molecule has 0 aliphatic rings. The minimum Gasteiger partial charge on any atom is -0.496 e. The first kappa shape index (κ1) is 24.9. The van der Waals surface area contributed by atoms with Gasteiger partial charge in [0.05, 0.1) is 15.6 Å². The summed E-state index contributed by atoms with van der Waals surface area (Å²) in [5, 5.41) is 5.58. The highest BCUT2D eigenvalue weighted by molar-refractivity contribution is 14.1. The number of sulfonamides is 1. The van der Waals surface area contributed by atoms with Crippen LogP contribution in [-0.2, 0) is 10.0 Å². The summed E-state index contributed by atoms with van der Waals surface area (Å²) in [5.41, 5.74) is 3.54. The van der Waals surface area contributed by atoms with E-state index < -0.39 is 10.0 Å². The first-order valence-corrected chi connectivity index (χ1v) is 12.7. The summed E-state index contributed by atoms with van der Waals surface area (Å²) < 4.78 is 33.9. The molecule has 0 spiro atoms. The number of carbonyl (C=O) groups excluding carboxylic acids is 1. The molecule has 0 aromatic heterocycles. The molecule has 0 aliphatic carbocycles. The Bertz CT molecular complexity index is 1310. The summed E-state index contributed by atoms with van der Waals surface area (Å²) in [7, 11) is -2.18. The Morgan fingerprint density at radius 3 is 2.21 bits per heavy atom. The van der Waals surface area contributed by atoms with Crippen LogP contribution in [0.2, 0.25) is 0 Å². The molecular formula is C23H22IN3O4S2. The quantitative estimate of drug-likeness (QED) is 0.279. The number of halogens is 1. The van der Waals surface area contributed by atoms with Crippen molar-refractivity contribution in [3.63, 3.8) is 0 Å². The Morgan fingerprint density at radius 1 is 0.939 bits per heavy atom. The van der Waals surface area contributed by atoms with Gasteiger partial charge in [-0.15, -0.1) is 0 Å². The Labute approximate surface area is 212 Å². The molecule has 0 aliphatic heterocycles. The molecule has 3 rings (SSSR count). The number of thiocarbonyl (C=S) groups is 1. The number of aryl methyl sites for hydroxylation is 2. The topological polar surface area (TPSA) is 96.5 Å². The molecule has 7 nitrogen and oxygen atoms in total. The van der Waals surface area contributed by atoms with E-state index in [0.29, 0.717) is 22.7 Å². The summed E-state index contributed by atoms with van der Waals surface area (Å²) in [6, 6.07) is 16.5. The van der Waals surface area contributed by atoms with Gasteiger partial charge < -0.3 is 10.1 Å². The van der Waals surface area contributed by atoms with E-state index in [1.165, 1.54) is 12.1 Å². The summed E-state index contributed by atoms with van der Waals surface area (Å²) >= 11 is 7.29. The van der Waals surface area contributed by atoms with Crippen molar-refractivity contribution >= 4 is 67.2 Å². The van der Waals surface area contributed by atoms with Crippen LogP contribution in [0.25, 0.3) is 0 Å². The Kier molecular flexibility index (Phi) is 7.92. The molecule has 3 N–H and O–H groups in total. The fraction of sp³-hybridized carbons (Fsp3) is 0.130. The number of rotatable bonds is 6. The fourth-order valence-electron chi connectivity index (χ4n) is 2.88. The molecule has 0 bridgehead atoms. The van der Waals surface area contributed by atoms with E-state index in [2.05, 4.69) is 37.9 Å². The van der Waals surface area contributed by atoms with Gasteiger partial charge in [-0.3, -0.25) is 14.8 Å². The van der Waals surface area contributed by atoms with Gasteiger partial charge in [-0.05, 0) is 114 Å². The van der Waals surface area contributed by atoms with Crippen molar-refractivity contribution in [1.82, 2.24) is 5.32 Å². The number of methoxy groups -OCH3 is 1. The lowest BCUT2D eigenvalue weighted by Crippen LogP contribution is -2.34. The summed E-state index contributed by atoms with van der Waals surface area (Å²) in [6.45, 7) is 3.88. The van der Waals surface area contributed by atoms with Crippen LogP contribution in [0.5, 0.6) is 5.75 Å². The van der Waals surface area contributed by atoms with Gasteiger partial charge in [-0.25, -0.2) is 8.42 Å². The Hall–Kier alpha value is -2.70. The van der Waals surface area contributed by atoms with Crippen LogP contribution in [0, 0.1) is 17.4 Å². The van der Waals surface area contributed by atoms with Crippen LogP contribution in [0.4, 0.5) is 11.4 Å². The second-order valence-electron chi connectivity index (χ2n) is 7.19. The first-order chi connectivity index (χ1) is 15.6. The van der Waals surface area contributed by atoms with Gasteiger partial charge in [-0.2, -0.15) is 0 Å². The van der Waals surface area contributed by atoms with Crippen LogP contribution in [-0.4, -0.2) is 26.5 Å². The number of hydrogen-bond donors (Lipinski definition) is 3. The third kappa shape index (κ3) is 6.42. The number of hydrogen-bond acceptors (Lipinski definition) is 5. The average Bonchev–Trinajstić information content (AvgIpc) is 2.76. The van der Waals surface area contributed by atoms with Gasteiger partial charge in [0.1, 0.15) is 5.75 Å². The highest BCUT2D eigenvalue weighted by Gasteiger charge is 2.15. The maximum Gasteiger partial charge on any atom is 0.261 e. The van der Waals surface area contributed by atoms with Gasteiger partial charge in [0.25, 0.3) is 15.9 Å². The van der Waals surface area contributed by atoms with Gasteiger partial charge in [-0.1, -0.05) is 6.07 Å². The minimum absolute atomic E-state index is 0.0923. The lowest BCUT2D eigenvalue weighted by Gasteiger charge is -2.12. The number of anilines is 2. The smallest absolute Gasteiger partial charge is 0.261 e. The number of amides is 1. The maximum atomic E-state index is 12.7. The zero-order chi connectivity index (χ0) is 24.2. The normalized spacial score (nSPS) is 10.9. The average molecular weight is 595 g/mol. The third-order valence-electron chi connectivity index (χ3n) is 4.82. The maximum absolute atomic E-state index is 12.7. The van der Waals surface area contributed by atoms with Crippen molar-refractivity contribution in [2.24, 2.45) is 0 Å². The standard InChI is InChI=1S/C23H22IN3O4S2/c1-14-4-6-18(12-15(14)2)27-33(29,30)19-9-7-17(8-10-19)25-23(32)26-22(28)16-5-11-21(31-3)20(24)13-16/h4-13,27H,1-3H3,(H2,25,26,28,32). The van der Waals surface area contributed by atoms with E-state index in [0.717, 1.165) is 14.7 Å². The van der Waals surface area contributed by atoms with E-state index in [1.54, 1.807) is 49.6 Å². The van der Waals surface area contributed by atoms with Crippen molar-refractivity contribution < 1.29 is 17.9 Å². The van der Waals surface area contributed by atoms with Gasteiger partial charge >= 0.3 is 0 Å². The summed E-state index contributed by atoms with van der Waals surface area (Å²) in [5.74, 6) is 0.305. The Morgan fingerprint density at radius 2 is 1.61 bits per heavy atom. The zero-order valence-corrected chi connectivity index (χ0v) is 21.9. The molecule has 0 radical (unpaired) electrons. The second kappa shape index (κ2) is 10.5. The third-order valence-corrected chi connectivity index (χ3v) is 7.27. The minimum atomic E-state index is -3.74. The van der Waals surface area contributed by atoms with Crippen molar-refractivity contribution in [1.29, 1.82) is 0 Å². The molecule has 3 aromatic carbocycles. The molecule has 0 heterocycles. The molecular weight excluding hydrogens is 573 g/mol. The molecule has 0 saturated carbocycles. The van der Waals surface area contributed by atoms with Crippen LogP contribution in [0.1, 0.15) is 21.5 Å². The van der Waals surface area contributed by atoms with Crippen LogP contribution in [0.3, 0.4) is 0 Å². The van der Waals surface area contributed by atoms with E-state index in [4.69, 9.17) is 17.0 Å². The zero-order valence-electron chi connectivity index (χ0n) is 18.1. The number of carbonyl (C=O) groups is 1. The molecule has 0 fully saturated rings. The molecule has 10 heteroatoms. The fourth-order valence-corrected chi connectivity index (χ4v) is 4.88. The van der Waals surface area contributed by atoms with Crippen molar-refractivity contribution in [2.45, 2.75) is 18.7 Å². The lowest BCUT2D eigenvalue weighted by atomic mass is 10.1. The number of ether oxygens (including phenoxy) is 1. The summed E-state index contributed by atoms with van der Waals surface area (Å²) in [4.78, 5) is 12.5. The van der Waals surface area contributed by atoms with Crippen molar-refractivity contribution in [3.8, 4) is 5.75 Å². The molecule has 3 aromatic rings. The monoisotopic (exact) mass is 595 g/mol. The van der Waals surface area contributed by atoms with Crippen LogP contribution < -0.4 is 20.1 Å². The largest absolute Gasteiger partial charge is 0.496 e. The molecule has 0 unspecified atom stereocenters. The molecule has 0 saturated heterocycles. The van der Waals surface area contributed by atoms with E-state index in [9.17, 15) is 13.2 Å². The second-order valence-corrected chi connectivity index (χ2v) is 10.4. The Balaban J connectivity index is 1.63. The van der Waals surface area contributed by atoms with Crippen molar-refractivity contribution in [2.75, 3.05) is 17.1 Å². The number of nitrogens with one attached hydrogen (secondary N) is 3. The van der Waals surface area contributed by atoms with Gasteiger partial charge in [0, 0.05) is 16.9 Å². The van der Waals surface area contributed by atoms with Gasteiger partial charge in [0.15, 0.2) is 5.11 Å². The molecule has 1 amide bonds. The highest BCUT2D eigenvalue weighted by atomic mass is 127. The van der Waals surface area contributed by atoms with E-state index in [1.807, 2.05) is 19.9 Å².